The molecule has 0 heterocycles. The number of thiol groups is 1. The first-order valence-electron chi connectivity index (χ1n) is 4.70. The van der Waals surface area contributed by atoms with Gasteiger partial charge in [0.25, 0.3) is 0 Å². The molecule has 0 unspecified atom stereocenters. The summed E-state index contributed by atoms with van der Waals surface area (Å²) in [5.74, 6) is -1.24. The fourth-order valence-electron chi connectivity index (χ4n) is 0.785. The maximum atomic E-state index is 10.4. The molecular weight excluding hydrogens is 283 g/mol. The van der Waals surface area contributed by atoms with E-state index in [-0.39, 0.29) is 69.4 Å². The van der Waals surface area contributed by atoms with Crippen LogP contribution >= 0.6 is 12.6 Å². The molecule has 1 aromatic carbocycles. The number of aromatic carboxylic acids is 2. The minimum atomic E-state index is -1.13. The molecule has 0 aliphatic carbocycles. The van der Waals surface area contributed by atoms with Gasteiger partial charge in [0.05, 0.1) is 11.1 Å². The van der Waals surface area contributed by atoms with Gasteiger partial charge >= 0.3 is 63.3 Å². The number of hydrogen-bond acceptors (Lipinski definition) is 3. The van der Waals surface area contributed by atoms with Crippen molar-refractivity contribution in [3.63, 3.8) is 0 Å². The molecular formula is C11H17KO5S. The molecule has 18 heavy (non-hydrogen) atoms. The third-order valence-corrected chi connectivity index (χ3v) is 2.03. The first kappa shape index (κ1) is 23.2. The number of carboxylic acid groups (broad SMARTS) is 2. The van der Waals surface area contributed by atoms with Gasteiger partial charge in [0.15, 0.2) is 0 Å². The topological polar surface area (TPSA) is 106 Å². The second kappa shape index (κ2) is 13.5. The van der Waals surface area contributed by atoms with Crippen molar-refractivity contribution in [3.05, 3.63) is 35.4 Å². The predicted octanol–water partition coefficient (Wildman–Crippen LogP) is -1.30. The molecule has 98 valence electrons. The smallest absolute Gasteiger partial charge is 1.00 e. The fraction of sp³-hybridized carbons (Fsp3) is 0.273. The Morgan fingerprint density at radius 3 is 1.78 bits per heavy atom. The summed E-state index contributed by atoms with van der Waals surface area (Å²) in [6, 6.07) is 5.20. The second-order valence-corrected chi connectivity index (χ2v) is 3.36. The summed E-state index contributed by atoms with van der Waals surface area (Å²) in [5, 5.41) is 17.0. The molecule has 0 aliphatic rings. The van der Waals surface area contributed by atoms with Gasteiger partial charge in [0, 0.05) is 0 Å². The third-order valence-electron chi connectivity index (χ3n) is 1.58. The molecule has 1 aromatic rings. The van der Waals surface area contributed by atoms with Crippen molar-refractivity contribution < 1.29 is 78.1 Å². The maximum Gasteiger partial charge on any atom is 1.00 e. The standard InChI is InChI=1S/C8H6O4.C3H8S.K.H2O.H/c9-7(10)5-2-1-3-6(4-5)8(11)12;1-2-3-4;;;/h1-4H,(H,9,10)(H,11,12);4H,2-3H2,1H3;;1H2;/q;;+1;;-1. The molecule has 0 amide bonds. The van der Waals surface area contributed by atoms with Crippen molar-refractivity contribution in [3.8, 4) is 0 Å². The van der Waals surface area contributed by atoms with Crippen LogP contribution in [0.4, 0.5) is 0 Å². The molecule has 0 spiro atoms. The van der Waals surface area contributed by atoms with Gasteiger partial charge in [-0.3, -0.25) is 0 Å². The van der Waals surface area contributed by atoms with Crippen LogP contribution in [0.25, 0.3) is 0 Å². The first-order valence-corrected chi connectivity index (χ1v) is 5.33. The Morgan fingerprint density at radius 1 is 1.22 bits per heavy atom. The largest absolute Gasteiger partial charge is 1.00 e. The SMILES string of the molecule is CCCS.O.O=C(O)c1cccc(C(=O)O)c1.[H-].[K+]. The summed E-state index contributed by atoms with van der Waals surface area (Å²) in [4.78, 5) is 20.8. The van der Waals surface area contributed by atoms with Crippen LogP contribution < -0.4 is 51.4 Å². The summed E-state index contributed by atoms with van der Waals surface area (Å²) >= 11 is 3.92. The maximum absolute atomic E-state index is 10.4. The van der Waals surface area contributed by atoms with E-state index >= 15 is 0 Å². The average Bonchev–Trinajstić information content (AvgIpc) is 2.29. The van der Waals surface area contributed by atoms with Crippen molar-refractivity contribution in [1.82, 2.24) is 0 Å². The number of carboxylic acids is 2. The molecule has 5 nitrogen and oxygen atoms in total. The molecule has 0 fully saturated rings. The fourth-order valence-corrected chi connectivity index (χ4v) is 0.785. The second-order valence-electron chi connectivity index (χ2n) is 2.91. The van der Waals surface area contributed by atoms with Gasteiger partial charge in [-0.25, -0.2) is 9.59 Å². The van der Waals surface area contributed by atoms with E-state index < -0.39 is 11.9 Å². The van der Waals surface area contributed by atoms with Crippen LogP contribution in [0.2, 0.25) is 0 Å². The average molecular weight is 300 g/mol. The van der Waals surface area contributed by atoms with E-state index in [4.69, 9.17) is 10.2 Å². The summed E-state index contributed by atoms with van der Waals surface area (Å²) in [7, 11) is 0. The normalized spacial score (nSPS) is 7.89. The Bertz CT molecular complexity index is 345. The molecule has 0 radical (unpaired) electrons. The van der Waals surface area contributed by atoms with Crippen LogP contribution in [0.5, 0.6) is 0 Å². The van der Waals surface area contributed by atoms with E-state index in [2.05, 4.69) is 19.6 Å². The van der Waals surface area contributed by atoms with Crippen LogP contribution in [0.1, 0.15) is 35.5 Å². The van der Waals surface area contributed by atoms with E-state index in [9.17, 15) is 9.59 Å². The van der Waals surface area contributed by atoms with Crippen LogP contribution in [-0.4, -0.2) is 33.4 Å². The van der Waals surface area contributed by atoms with Crippen molar-refractivity contribution >= 4 is 24.6 Å². The Morgan fingerprint density at radius 2 is 1.56 bits per heavy atom. The van der Waals surface area contributed by atoms with Crippen molar-refractivity contribution in [2.24, 2.45) is 0 Å². The summed E-state index contributed by atoms with van der Waals surface area (Å²) < 4.78 is 0. The number of benzene rings is 1. The van der Waals surface area contributed by atoms with E-state index in [0.717, 1.165) is 11.8 Å². The van der Waals surface area contributed by atoms with Gasteiger partial charge < -0.3 is 17.1 Å². The quantitative estimate of drug-likeness (QED) is 0.476. The van der Waals surface area contributed by atoms with Crippen molar-refractivity contribution in [1.29, 1.82) is 0 Å². The van der Waals surface area contributed by atoms with Gasteiger partial charge in [-0.1, -0.05) is 13.0 Å². The minimum Gasteiger partial charge on any atom is -1.00 e. The number of carbonyl (C=O) groups is 2. The van der Waals surface area contributed by atoms with Gasteiger partial charge in [-0.2, -0.15) is 12.6 Å². The molecule has 0 atom stereocenters. The molecule has 0 saturated carbocycles. The van der Waals surface area contributed by atoms with E-state index in [1.165, 1.54) is 24.6 Å². The van der Waals surface area contributed by atoms with Crippen molar-refractivity contribution in [2.45, 2.75) is 13.3 Å². The predicted molar refractivity (Wildman–Crippen MR) is 69.2 cm³/mol. The van der Waals surface area contributed by atoms with Gasteiger partial charge in [0.2, 0.25) is 0 Å². The van der Waals surface area contributed by atoms with E-state index in [1.54, 1.807) is 0 Å². The zero-order valence-corrected chi connectivity index (χ0v) is 14.4. The van der Waals surface area contributed by atoms with Crippen LogP contribution in [0, 0.1) is 0 Å². The number of hydrogen-bond donors (Lipinski definition) is 3. The van der Waals surface area contributed by atoms with E-state index in [0.29, 0.717) is 0 Å². The molecule has 0 aromatic heterocycles. The molecule has 4 N–H and O–H groups in total. The molecule has 0 saturated heterocycles. The van der Waals surface area contributed by atoms with E-state index in [1.807, 2.05) is 0 Å². The summed E-state index contributed by atoms with van der Waals surface area (Å²) in [5.41, 5.74) is -0.0372. The third kappa shape index (κ3) is 10.1. The minimum absolute atomic E-state index is 0. The Labute approximate surface area is 155 Å². The van der Waals surface area contributed by atoms with Crippen molar-refractivity contribution in [2.75, 3.05) is 5.75 Å². The zero-order valence-electron chi connectivity index (χ0n) is 11.4. The zero-order chi connectivity index (χ0) is 12.6. The van der Waals surface area contributed by atoms with Crippen LogP contribution in [-0.2, 0) is 0 Å². The molecule has 0 bridgehead atoms. The number of rotatable bonds is 3. The van der Waals surface area contributed by atoms with Crippen LogP contribution in [0.3, 0.4) is 0 Å². The first-order chi connectivity index (χ1) is 7.52. The molecule has 7 heteroatoms. The van der Waals surface area contributed by atoms with Crippen LogP contribution in [0.15, 0.2) is 24.3 Å². The molecule has 1 rings (SSSR count). The van der Waals surface area contributed by atoms with Gasteiger partial charge in [-0.15, -0.1) is 0 Å². The monoisotopic (exact) mass is 300 g/mol. The Hall–Kier alpha value is 0.106. The van der Waals surface area contributed by atoms with Gasteiger partial charge in [0.1, 0.15) is 0 Å². The molecule has 0 aliphatic heterocycles. The Balaban J connectivity index is -0.000000144. The summed E-state index contributed by atoms with van der Waals surface area (Å²) in [6.45, 7) is 2.10. The van der Waals surface area contributed by atoms with Gasteiger partial charge in [-0.05, 0) is 30.4 Å². The Kier molecular flexibility index (Phi) is 17.5. The summed E-state index contributed by atoms with van der Waals surface area (Å²) in [6.07, 6.45) is 1.18.